The van der Waals surface area contributed by atoms with Crippen LogP contribution in [-0.2, 0) is 16.1 Å². The standard InChI is InChI=1S/C19H21N3O4/c23-19(7-5-14-4-6-17-18(9-14)26-13-25-17)21-15-10-20-22(11-15)12-16-3-1-2-8-24-16/h4-7,9-11,16H,1-3,8,12-13H2,(H,21,23). The van der Waals surface area contributed by atoms with Crippen molar-refractivity contribution in [1.82, 2.24) is 9.78 Å². The average molecular weight is 355 g/mol. The lowest BCUT2D eigenvalue weighted by Gasteiger charge is -2.22. The fourth-order valence-corrected chi connectivity index (χ4v) is 3.06. The molecule has 136 valence electrons. The summed E-state index contributed by atoms with van der Waals surface area (Å²) in [6, 6.07) is 5.55. The van der Waals surface area contributed by atoms with Gasteiger partial charge in [0.1, 0.15) is 0 Å². The van der Waals surface area contributed by atoms with E-state index in [1.807, 2.05) is 29.1 Å². The SMILES string of the molecule is O=C(C=Cc1ccc2c(c1)OCO2)Nc1cnn(CC2CCCCO2)c1. The molecule has 1 aromatic heterocycles. The van der Waals surface area contributed by atoms with Gasteiger partial charge >= 0.3 is 0 Å². The number of carbonyl (C=O) groups excluding carboxylic acids is 1. The number of rotatable bonds is 5. The maximum Gasteiger partial charge on any atom is 0.248 e. The van der Waals surface area contributed by atoms with E-state index in [4.69, 9.17) is 14.2 Å². The van der Waals surface area contributed by atoms with E-state index in [1.165, 1.54) is 12.5 Å². The summed E-state index contributed by atoms with van der Waals surface area (Å²) in [6.07, 6.45) is 10.3. The van der Waals surface area contributed by atoms with E-state index >= 15 is 0 Å². The summed E-state index contributed by atoms with van der Waals surface area (Å²) in [6.45, 7) is 1.77. The lowest BCUT2D eigenvalue weighted by atomic mass is 10.1. The molecule has 4 rings (SSSR count). The van der Waals surface area contributed by atoms with Crippen molar-refractivity contribution in [2.24, 2.45) is 0 Å². The van der Waals surface area contributed by atoms with E-state index in [1.54, 1.807) is 12.3 Å². The predicted molar refractivity (Wildman–Crippen MR) is 96.0 cm³/mol. The third-order valence-electron chi connectivity index (χ3n) is 4.39. The summed E-state index contributed by atoms with van der Waals surface area (Å²) in [5.74, 6) is 1.20. The van der Waals surface area contributed by atoms with Gasteiger partial charge in [-0.1, -0.05) is 6.07 Å². The van der Waals surface area contributed by atoms with Gasteiger partial charge in [-0.15, -0.1) is 0 Å². The van der Waals surface area contributed by atoms with E-state index in [0.717, 1.165) is 30.8 Å². The molecule has 0 spiro atoms. The summed E-state index contributed by atoms with van der Waals surface area (Å²) < 4.78 is 18.1. The van der Waals surface area contributed by atoms with E-state index in [9.17, 15) is 4.79 Å². The van der Waals surface area contributed by atoms with E-state index in [2.05, 4.69) is 10.4 Å². The van der Waals surface area contributed by atoms with Gasteiger partial charge in [-0.05, 0) is 43.0 Å². The molecule has 1 N–H and O–H groups in total. The summed E-state index contributed by atoms with van der Waals surface area (Å²) >= 11 is 0. The minimum atomic E-state index is -0.212. The maximum absolute atomic E-state index is 12.1. The molecule has 0 saturated carbocycles. The number of nitrogens with one attached hydrogen (secondary N) is 1. The Kier molecular flexibility index (Phi) is 4.88. The van der Waals surface area contributed by atoms with Crippen molar-refractivity contribution in [3.05, 3.63) is 42.2 Å². The van der Waals surface area contributed by atoms with Crippen LogP contribution in [0.1, 0.15) is 24.8 Å². The first-order valence-electron chi connectivity index (χ1n) is 8.79. The number of fused-ring (bicyclic) bond motifs is 1. The van der Waals surface area contributed by atoms with Crippen LogP contribution in [0.2, 0.25) is 0 Å². The average Bonchev–Trinajstić information content (AvgIpc) is 3.29. The van der Waals surface area contributed by atoms with Gasteiger partial charge in [0.15, 0.2) is 11.5 Å². The number of amides is 1. The van der Waals surface area contributed by atoms with E-state index in [-0.39, 0.29) is 18.8 Å². The second-order valence-corrected chi connectivity index (χ2v) is 6.37. The number of anilines is 1. The minimum Gasteiger partial charge on any atom is -0.454 e. The van der Waals surface area contributed by atoms with Crippen molar-refractivity contribution in [3.63, 3.8) is 0 Å². The fourth-order valence-electron chi connectivity index (χ4n) is 3.06. The van der Waals surface area contributed by atoms with Crippen molar-refractivity contribution in [2.45, 2.75) is 31.9 Å². The molecule has 1 unspecified atom stereocenters. The first kappa shape index (κ1) is 16.7. The molecule has 2 aliphatic heterocycles. The second-order valence-electron chi connectivity index (χ2n) is 6.37. The van der Waals surface area contributed by atoms with Crippen LogP contribution in [0, 0.1) is 0 Å². The van der Waals surface area contributed by atoms with Gasteiger partial charge in [0.25, 0.3) is 0 Å². The van der Waals surface area contributed by atoms with Gasteiger partial charge in [0.05, 0.1) is 24.5 Å². The normalized spacial score (nSPS) is 19.0. The number of ether oxygens (including phenoxy) is 3. The first-order chi connectivity index (χ1) is 12.8. The lowest BCUT2D eigenvalue weighted by Crippen LogP contribution is -2.24. The van der Waals surface area contributed by atoms with Crippen molar-refractivity contribution in [2.75, 3.05) is 18.7 Å². The zero-order valence-electron chi connectivity index (χ0n) is 14.4. The highest BCUT2D eigenvalue weighted by atomic mass is 16.7. The van der Waals surface area contributed by atoms with E-state index in [0.29, 0.717) is 18.0 Å². The topological polar surface area (TPSA) is 74.6 Å². The number of aromatic nitrogens is 2. The molecule has 7 nitrogen and oxygen atoms in total. The van der Waals surface area contributed by atoms with Crippen LogP contribution in [0.3, 0.4) is 0 Å². The van der Waals surface area contributed by atoms with Gasteiger partial charge in [0, 0.05) is 18.9 Å². The summed E-state index contributed by atoms with van der Waals surface area (Å²) in [7, 11) is 0. The van der Waals surface area contributed by atoms with Crippen molar-refractivity contribution < 1.29 is 19.0 Å². The van der Waals surface area contributed by atoms with Crippen molar-refractivity contribution >= 4 is 17.7 Å². The molecule has 0 radical (unpaired) electrons. The van der Waals surface area contributed by atoms with Crippen LogP contribution in [0.4, 0.5) is 5.69 Å². The van der Waals surface area contributed by atoms with Gasteiger partial charge < -0.3 is 19.5 Å². The Balaban J connectivity index is 1.31. The second kappa shape index (κ2) is 7.61. The Morgan fingerprint density at radius 1 is 1.31 bits per heavy atom. The Hall–Kier alpha value is -2.80. The van der Waals surface area contributed by atoms with Gasteiger partial charge in [-0.2, -0.15) is 5.10 Å². The number of hydrogen-bond acceptors (Lipinski definition) is 5. The summed E-state index contributed by atoms with van der Waals surface area (Å²) in [5, 5.41) is 7.10. The molecular formula is C19H21N3O4. The molecular weight excluding hydrogens is 334 g/mol. The van der Waals surface area contributed by atoms with Crippen LogP contribution in [0.25, 0.3) is 6.08 Å². The number of hydrogen-bond donors (Lipinski definition) is 1. The van der Waals surface area contributed by atoms with Gasteiger partial charge in [-0.25, -0.2) is 0 Å². The Labute approximate surface area is 151 Å². The predicted octanol–water partition coefficient (Wildman–Crippen LogP) is 2.83. The molecule has 26 heavy (non-hydrogen) atoms. The molecule has 1 aromatic carbocycles. The number of carbonyl (C=O) groups is 1. The monoisotopic (exact) mass is 355 g/mol. The fraction of sp³-hybridized carbons (Fsp3) is 0.368. The van der Waals surface area contributed by atoms with Gasteiger partial charge in [0.2, 0.25) is 12.7 Å². The highest BCUT2D eigenvalue weighted by molar-refractivity contribution is 6.01. The zero-order chi connectivity index (χ0) is 17.8. The third kappa shape index (κ3) is 4.05. The van der Waals surface area contributed by atoms with Crippen LogP contribution in [0.15, 0.2) is 36.7 Å². The van der Waals surface area contributed by atoms with Crippen LogP contribution < -0.4 is 14.8 Å². The lowest BCUT2D eigenvalue weighted by molar-refractivity contribution is -0.111. The van der Waals surface area contributed by atoms with Crippen LogP contribution in [0.5, 0.6) is 11.5 Å². The Bertz CT molecular complexity index is 809. The summed E-state index contributed by atoms with van der Waals surface area (Å²) in [5.41, 5.74) is 1.54. The molecule has 3 heterocycles. The zero-order valence-corrected chi connectivity index (χ0v) is 14.4. The molecule has 1 atom stereocenters. The third-order valence-corrected chi connectivity index (χ3v) is 4.39. The number of benzene rings is 1. The maximum atomic E-state index is 12.1. The molecule has 2 aromatic rings. The van der Waals surface area contributed by atoms with Crippen LogP contribution >= 0.6 is 0 Å². The highest BCUT2D eigenvalue weighted by Gasteiger charge is 2.15. The van der Waals surface area contributed by atoms with Crippen LogP contribution in [-0.4, -0.2) is 35.2 Å². The minimum absolute atomic E-state index is 0.207. The molecule has 1 saturated heterocycles. The quantitative estimate of drug-likeness (QED) is 0.835. The molecule has 1 fully saturated rings. The highest BCUT2D eigenvalue weighted by Crippen LogP contribution is 2.32. The summed E-state index contributed by atoms with van der Waals surface area (Å²) in [4.78, 5) is 12.1. The van der Waals surface area contributed by atoms with Crippen molar-refractivity contribution in [3.8, 4) is 11.5 Å². The molecule has 0 aliphatic carbocycles. The Morgan fingerprint density at radius 2 is 2.23 bits per heavy atom. The molecule has 1 amide bonds. The first-order valence-corrected chi connectivity index (χ1v) is 8.79. The number of nitrogens with zero attached hydrogens (tertiary/aromatic N) is 2. The molecule has 0 bridgehead atoms. The van der Waals surface area contributed by atoms with E-state index < -0.39 is 0 Å². The van der Waals surface area contributed by atoms with Crippen molar-refractivity contribution in [1.29, 1.82) is 0 Å². The Morgan fingerprint density at radius 3 is 3.12 bits per heavy atom. The molecule has 7 heteroatoms. The molecule has 2 aliphatic rings. The smallest absolute Gasteiger partial charge is 0.248 e. The van der Waals surface area contributed by atoms with Gasteiger partial charge in [-0.3, -0.25) is 9.48 Å². The largest absolute Gasteiger partial charge is 0.454 e.